The Bertz CT molecular complexity index is 540. The van der Waals surface area contributed by atoms with Crippen LogP contribution in [0.1, 0.15) is 50.2 Å². The minimum absolute atomic E-state index is 0.373. The van der Waals surface area contributed by atoms with E-state index in [4.69, 9.17) is 0 Å². The van der Waals surface area contributed by atoms with Crippen molar-refractivity contribution in [2.45, 2.75) is 44.6 Å². The Morgan fingerprint density at radius 2 is 1.89 bits per heavy atom. The molecule has 1 aliphatic rings. The van der Waals surface area contributed by atoms with E-state index in [9.17, 15) is 5.11 Å². The lowest BCUT2D eigenvalue weighted by Crippen LogP contribution is -2.11. The summed E-state index contributed by atoms with van der Waals surface area (Å²) in [5.41, 5.74) is 1.94. The van der Waals surface area contributed by atoms with Crippen LogP contribution in [0.5, 0.6) is 0 Å². The fourth-order valence-corrected chi connectivity index (χ4v) is 3.26. The van der Waals surface area contributed by atoms with E-state index in [1.165, 1.54) is 32.1 Å². The van der Waals surface area contributed by atoms with Gasteiger partial charge in [0, 0.05) is 17.1 Å². The van der Waals surface area contributed by atoms with E-state index in [0.29, 0.717) is 5.92 Å². The second kappa shape index (κ2) is 5.70. The molecule has 3 rings (SSSR count). The van der Waals surface area contributed by atoms with Gasteiger partial charge in [-0.2, -0.15) is 0 Å². The Morgan fingerprint density at radius 1 is 1.11 bits per heavy atom. The van der Waals surface area contributed by atoms with Crippen LogP contribution in [0, 0.1) is 5.92 Å². The molecule has 0 saturated heterocycles. The topological polar surface area (TPSA) is 33.1 Å². The summed E-state index contributed by atoms with van der Waals surface area (Å²) in [6.45, 7) is 0. The highest BCUT2D eigenvalue weighted by Crippen LogP contribution is 2.33. The first-order chi connectivity index (χ1) is 9.34. The Morgan fingerprint density at radius 3 is 2.74 bits per heavy atom. The molecule has 0 bridgehead atoms. The first-order valence-electron chi connectivity index (χ1n) is 7.36. The number of aromatic nitrogens is 1. The number of benzene rings is 1. The fourth-order valence-electron chi connectivity index (χ4n) is 3.26. The third-order valence-corrected chi connectivity index (χ3v) is 4.30. The summed E-state index contributed by atoms with van der Waals surface area (Å²) in [6.07, 6.45) is 8.87. The standard InChI is InChI=1S/C17H21NO/c19-16(12-13-6-2-1-3-7-13)15-10-4-8-14-9-5-11-18-17(14)15/h4-5,8-11,13,16,19H,1-3,6-7,12H2. The second-order valence-corrected chi connectivity index (χ2v) is 5.68. The predicted octanol–water partition coefficient (Wildman–Crippen LogP) is 4.24. The molecule has 1 aliphatic carbocycles. The number of aliphatic hydroxyl groups is 1. The Balaban J connectivity index is 1.82. The van der Waals surface area contributed by atoms with Crippen molar-refractivity contribution in [3.63, 3.8) is 0 Å². The maximum absolute atomic E-state index is 10.5. The largest absolute Gasteiger partial charge is 0.388 e. The summed E-state index contributed by atoms with van der Waals surface area (Å²) in [4.78, 5) is 4.44. The molecule has 1 unspecified atom stereocenters. The first-order valence-corrected chi connectivity index (χ1v) is 7.36. The molecule has 1 atom stereocenters. The highest BCUT2D eigenvalue weighted by atomic mass is 16.3. The van der Waals surface area contributed by atoms with Crippen molar-refractivity contribution in [2.75, 3.05) is 0 Å². The summed E-state index contributed by atoms with van der Waals surface area (Å²) >= 11 is 0. The van der Waals surface area contributed by atoms with Gasteiger partial charge in [0.15, 0.2) is 0 Å². The van der Waals surface area contributed by atoms with Gasteiger partial charge in [0.1, 0.15) is 0 Å². The van der Waals surface area contributed by atoms with Gasteiger partial charge >= 0.3 is 0 Å². The van der Waals surface area contributed by atoms with Crippen LogP contribution in [0.2, 0.25) is 0 Å². The number of para-hydroxylation sites is 1. The maximum Gasteiger partial charge on any atom is 0.0813 e. The van der Waals surface area contributed by atoms with Gasteiger partial charge in [-0.15, -0.1) is 0 Å². The molecule has 1 fully saturated rings. The van der Waals surface area contributed by atoms with Crippen molar-refractivity contribution in [3.8, 4) is 0 Å². The van der Waals surface area contributed by atoms with E-state index in [2.05, 4.69) is 17.1 Å². The van der Waals surface area contributed by atoms with Crippen LogP contribution in [0.3, 0.4) is 0 Å². The van der Waals surface area contributed by atoms with Gasteiger partial charge in [0.2, 0.25) is 0 Å². The molecule has 19 heavy (non-hydrogen) atoms. The molecule has 2 heteroatoms. The molecule has 1 saturated carbocycles. The minimum atomic E-state index is -0.373. The maximum atomic E-state index is 10.5. The van der Waals surface area contributed by atoms with Gasteiger partial charge in [0.25, 0.3) is 0 Å². The zero-order chi connectivity index (χ0) is 13.1. The third kappa shape index (κ3) is 2.79. The molecular formula is C17H21NO. The van der Waals surface area contributed by atoms with Gasteiger partial charge in [-0.25, -0.2) is 0 Å². The highest BCUT2D eigenvalue weighted by molar-refractivity contribution is 5.81. The molecule has 0 spiro atoms. The summed E-state index contributed by atoms with van der Waals surface area (Å²) in [5.74, 6) is 0.683. The molecule has 1 N–H and O–H groups in total. The van der Waals surface area contributed by atoms with Crippen LogP contribution in [-0.2, 0) is 0 Å². The van der Waals surface area contributed by atoms with E-state index in [1.807, 2.05) is 18.2 Å². The summed E-state index contributed by atoms with van der Waals surface area (Å²) in [5, 5.41) is 11.6. The van der Waals surface area contributed by atoms with Gasteiger partial charge in [-0.3, -0.25) is 4.98 Å². The van der Waals surface area contributed by atoms with Gasteiger partial charge in [-0.05, 0) is 18.4 Å². The Hall–Kier alpha value is -1.41. The van der Waals surface area contributed by atoms with Crippen LogP contribution >= 0.6 is 0 Å². The van der Waals surface area contributed by atoms with E-state index in [-0.39, 0.29) is 6.10 Å². The van der Waals surface area contributed by atoms with Gasteiger partial charge in [0.05, 0.1) is 11.6 Å². The number of pyridine rings is 1. The zero-order valence-electron chi connectivity index (χ0n) is 11.3. The van der Waals surface area contributed by atoms with Crippen LogP contribution in [-0.4, -0.2) is 10.1 Å². The third-order valence-electron chi connectivity index (χ3n) is 4.30. The normalized spacial score (nSPS) is 18.6. The van der Waals surface area contributed by atoms with E-state index in [1.54, 1.807) is 6.20 Å². The minimum Gasteiger partial charge on any atom is -0.388 e. The van der Waals surface area contributed by atoms with Crippen molar-refractivity contribution in [3.05, 3.63) is 42.1 Å². The van der Waals surface area contributed by atoms with E-state index >= 15 is 0 Å². The van der Waals surface area contributed by atoms with Crippen molar-refractivity contribution in [2.24, 2.45) is 5.92 Å². The van der Waals surface area contributed by atoms with Crippen LogP contribution < -0.4 is 0 Å². The number of rotatable bonds is 3. The Kier molecular flexibility index (Phi) is 3.79. The van der Waals surface area contributed by atoms with Crippen molar-refractivity contribution >= 4 is 10.9 Å². The first kappa shape index (κ1) is 12.6. The predicted molar refractivity (Wildman–Crippen MR) is 77.9 cm³/mol. The molecule has 2 nitrogen and oxygen atoms in total. The summed E-state index contributed by atoms with van der Waals surface area (Å²) in [6, 6.07) is 10.1. The quantitative estimate of drug-likeness (QED) is 0.890. The average molecular weight is 255 g/mol. The van der Waals surface area contributed by atoms with Crippen molar-refractivity contribution in [1.29, 1.82) is 0 Å². The number of fused-ring (bicyclic) bond motifs is 1. The van der Waals surface area contributed by atoms with Gasteiger partial charge in [-0.1, -0.05) is 56.4 Å². The lowest BCUT2D eigenvalue weighted by molar-refractivity contribution is 0.132. The lowest BCUT2D eigenvalue weighted by atomic mass is 9.84. The molecular weight excluding hydrogens is 234 g/mol. The lowest BCUT2D eigenvalue weighted by Gasteiger charge is -2.24. The Labute approximate surface area is 114 Å². The van der Waals surface area contributed by atoms with Crippen LogP contribution in [0.25, 0.3) is 10.9 Å². The molecule has 1 aromatic carbocycles. The van der Waals surface area contributed by atoms with Gasteiger partial charge < -0.3 is 5.11 Å². The fraction of sp³-hybridized carbons (Fsp3) is 0.471. The molecule has 100 valence electrons. The zero-order valence-corrected chi connectivity index (χ0v) is 11.3. The summed E-state index contributed by atoms with van der Waals surface area (Å²) < 4.78 is 0. The second-order valence-electron chi connectivity index (χ2n) is 5.68. The summed E-state index contributed by atoms with van der Waals surface area (Å²) in [7, 11) is 0. The number of hydrogen-bond acceptors (Lipinski definition) is 2. The highest BCUT2D eigenvalue weighted by Gasteiger charge is 2.20. The average Bonchev–Trinajstić information content (AvgIpc) is 2.47. The van der Waals surface area contributed by atoms with Crippen LogP contribution in [0.4, 0.5) is 0 Å². The van der Waals surface area contributed by atoms with Crippen molar-refractivity contribution in [1.82, 2.24) is 4.98 Å². The molecule has 2 aromatic rings. The molecule has 1 aromatic heterocycles. The molecule has 0 amide bonds. The SMILES string of the molecule is OC(CC1CCCCC1)c1cccc2cccnc12. The monoisotopic (exact) mass is 255 g/mol. The molecule has 1 heterocycles. The van der Waals surface area contributed by atoms with E-state index < -0.39 is 0 Å². The van der Waals surface area contributed by atoms with Crippen LogP contribution in [0.15, 0.2) is 36.5 Å². The number of nitrogens with zero attached hydrogens (tertiary/aromatic N) is 1. The molecule has 0 radical (unpaired) electrons. The number of hydrogen-bond donors (Lipinski definition) is 1. The number of aliphatic hydroxyl groups excluding tert-OH is 1. The van der Waals surface area contributed by atoms with Crippen molar-refractivity contribution < 1.29 is 5.11 Å². The molecule has 0 aliphatic heterocycles. The van der Waals surface area contributed by atoms with E-state index in [0.717, 1.165) is 22.9 Å². The smallest absolute Gasteiger partial charge is 0.0813 e.